The summed E-state index contributed by atoms with van der Waals surface area (Å²) >= 11 is 0. The average molecular weight is 879 g/mol. The number of fused-ring (bicyclic) bond motifs is 2. The summed E-state index contributed by atoms with van der Waals surface area (Å²) in [6.45, 7) is 9.27. The zero-order valence-corrected chi connectivity index (χ0v) is 32.8. The number of halogens is 10. The van der Waals surface area contributed by atoms with Crippen LogP contribution in [0.1, 0.15) is 61.1 Å². The highest BCUT2D eigenvalue weighted by Crippen LogP contribution is 2.53. The van der Waals surface area contributed by atoms with E-state index in [0.29, 0.717) is 12.4 Å². The molecular weight excluding hydrogens is 846 g/mol. The highest BCUT2D eigenvalue weighted by Gasteiger charge is 2.39. The number of phenolic OH excluding ortho intramolecular Hbond substituents is 2. The Kier molecular flexibility index (Phi) is 11.5. The largest absolute Gasteiger partial charge is 0.507 e. The van der Waals surface area contributed by atoms with Gasteiger partial charge in [0.05, 0.1) is 11.1 Å². The maximum atomic E-state index is 14.5. The summed E-state index contributed by atoms with van der Waals surface area (Å²) in [5, 5.41) is 46.5. The number of aromatic hydroxyl groups is 2. The highest BCUT2D eigenvalue weighted by molar-refractivity contribution is 6.35. The SMILES string of the molecule is Cc1cc2c(c(O)c1-c1c(C)cc3c(c1O)C(=CNNc1c(F)c(F)c(F)c(F)c1F)C(=O)C(O)=C3C(C)C)C(=CNNc1c(F)c(F)c(F)c(F)c1F)C(=O)C(O)=C2C(C)C. The Morgan fingerprint density at radius 2 is 0.742 bits per heavy atom. The molecule has 2 aliphatic rings. The summed E-state index contributed by atoms with van der Waals surface area (Å²) in [5.74, 6) is -29.9. The third-order valence-corrected chi connectivity index (χ3v) is 10.2. The number of hydrogen-bond donors (Lipinski definition) is 8. The van der Waals surface area contributed by atoms with Gasteiger partial charge < -0.3 is 31.3 Å². The number of carbonyl (C=O) groups is 2. The molecule has 0 aromatic heterocycles. The maximum absolute atomic E-state index is 14.5. The Hall–Kier alpha value is -7.12. The van der Waals surface area contributed by atoms with E-state index in [0.717, 1.165) is 0 Å². The molecule has 10 nitrogen and oxygen atoms in total. The highest BCUT2D eigenvalue weighted by atomic mass is 19.2. The molecule has 0 saturated carbocycles. The van der Waals surface area contributed by atoms with E-state index < -0.39 is 127 Å². The van der Waals surface area contributed by atoms with Gasteiger partial charge in [-0.15, -0.1) is 0 Å². The molecule has 0 aliphatic heterocycles. The summed E-state index contributed by atoms with van der Waals surface area (Å²) in [6.07, 6.45) is 1.33. The summed E-state index contributed by atoms with van der Waals surface area (Å²) in [5.41, 5.74) is 2.53. The van der Waals surface area contributed by atoms with Crippen LogP contribution >= 0.6 is 0 Å². The van der Waals surface area contributed by atoms with Crippen LogP contribution in [0.2, 0.25) is 0 Å². The number of nitrogens with one attached hydrogen (secondary N) is 4. The molecule has 0 bridgehead atoms. The van der Waals surface area contributed by atoms with Crippen LogP contribution in [-0.2, 0) is 9.59 Å². The lowest BCUT2D eigenvalue weighted by molar-refractivity contribution is -0.113. The number of phenols is 2. The van der Waals surface area contributed by atoms with Crippen molar-refractivity contribution in [3.8, 4) is 22.6 Å². The Morgan fingerprint density at radius 3 is 1.02 bits per heavy atom. The monoisotopic (exact) mass is 878 g/mol. The van der Waals surface area contributed by atoms with Crippen LogP contribution < -0.4 is 21.7 Å². The molecule has 0 spiro atoms. The number of aliphatic hydroxyl groups excluding tert-OH is 2. The first kappa shape index (κ1) is 44.4. The van der Waals surface area contributed by atoms with Crippen molar-refractivity contribution in [2.45, 2.75) is 41.5 Å². The van der Waals surface area contributed by atoms with Gasteiger partial charge in [0.2, 0.25) is 23.2 Å². The second-order valence-corrected chi connectivity index (χ2v) is 14.7. The predicted molar refractivity (Wildman–Crippen MR) is 205 cm³/mol. The van der Waals surface area contributed by atoms with Crippen LogP contribution in [0.4, 0.5) is 55.3 Å². The minimum atomic E-state index is -2.44. The van der Waals surface area contributed by atoms with Gasteiger partial charge in [-0.3, -0.25) is 20.4 Å². The van der Waals surface area contributed by atoms with Gasteiger partial charge >= 0.3 is 0 Å². The molecule has 0 fully saturated rings. The smallest absolute Gasteiger partial charge is 0.229 e. The van der Waals surface area contributed by atoms with Crippen LogP contribution in [0.15, 0.2) is 36.1 Å². The van der Waals surface area contributed by atoms with E-state index >= 15 is 0 Å². The van der Waals surface area contributed by atoms with E-state index in [1.807, 2.05) is 10.9 Å². The first-order valence-electron chi connectivity index (χ1n) is 18.1. The van der Waals surface area contributed by atoms with Gasteiger partial charge in [0.25, 0.3) is 0 Å². The van der Waals surface area contributed by atoms with Gasteiger partial charge in [-0.1, -0.05) is 39.8 Å². The van der Waals surface area contributed by atoms with E-state index in [1.54, 1.807) is 38.5 Å². The van der Waals surface area contributed by atoms with Crippen molar-refractivity contribution in [3.63, 3.8) is 0 Å². The topological polar surface area (TPSA) is 163 Å². The number of hydrazine groups is 2. The van der Waals surface area contributed by atoms with Crippen molar-refractivity contribution in [2.24, 2.45) is 11.8 Å². The lowest BCUT2D eigenvalue weighted by Crippen LogP contribution is -2.24. The van der Waals surface area contributed by atoms with E-state index in [9.17, 15) is 73.9 Å². The van der Waals surface area contributed by atoms with Gasteiger partial charge in [0.1, 0.15) is 22.9 Å². The number of ketones is 2. The van der Waals surface area contributed by atoms with Crippen LogP contribution in [-0.4, -0.2) is 32.0 Å². The molecule has 0 unspecified atom stereocenters. The third-order valence-electron chi connectivity index (χ3n) is 10.2. The first-order valence-corrected chi connectivity index (χ1v) is 18.1. The first-order chi connectivity index (χ1) is 29.0. The third kappa shape index (κ3) is 6.78. The van der Waals surface area contributed by atoms with Gasteiger partial charge in [-0.25, -0.2) is 43.9 Å². The zero-order chi connectivity index (χ0) is 46.1. The number of anilines is 2. The number of Topliss-reactive ketones (excluding diaryl/α,β-unsaturated/α-hetero) is 2. The molecule has 0 amide bonds. The number of hydrogen-bond acceptors (Lipinski definition) is 10. The predicted octanol–water partition coefficient (Wildman–Crippen LogP) is 9.70. The molecule has 20 heteroatoms. The van der Waals surface area contributed by atoms with Crippen LogP contribution in [0.3, 0.4) is 0 Å². The van der Waals surface area contributed by atoms with Gasteiger partial charge in [0, 0.05) is 45.8 Å². The lowest BCUT2D eigenvalue weighted by atomic mass is 9.75. The number of benzene rings is 4. The summed E-state index contributed by atoms with van der Waals surface area (Å²) in [4.78, 5) is 27.5. The molecule has 8 N–H and O–H groups in total. The second kappa shape index (κ2) is 16.1. The Morgan fingerprint density at radius 1 is 0.468 bits per heavy atom. The van der Waals surface area contributed by atoms with E-state index in [2.05, 4.69) is 0 Å². The van der Waals surface area contributed by atoms with Crippen LogP contribution in [0, 0.1) is 83.9 Å². The molecule has 0 saturated heterocycles. The molecule has 0 radical (unpaired) electrons. The number of aliphatic hydroxyl groups is 2. The fraction of sp³-hybridized carbons (Fsp3) is 0.190. The van der Waals surface area contributed by atoms with Crippen LogP contribution in [0.25, 0.3) is 33.4 Å². The fourth-order valence-corrected chi connectivity index (χ4v) is 7.42. The Balaban J connectivity index is 1.56. The minimum absolute atomic E-state index is 0.0107. The van der Waals surface area contributed by atoms with Crippen molar-refractivity contribution in [3.05, 3.63) is 128 Å². The molecule has 4 aromatic rings. The number of rotatable bonds is 9. The minimum Gasteiger partial charge on any atom is -0.507 e. The number of aryl methyl sites for hydroxylation is 2. The Bertz CT molecular complexity index is 2570. The summed E-state index contributed by atoms with van der Waals surface area (Å²) < 4.78 is 141. The average Bonchev–Trinajstić information content (AvgIpc) is 3.21. The normalized spacial score (nSPS) is 15.3. The Labute approximate surface area is 344 Å². The summed E-state index contributed by atoms with van der Waals surface area (Å²) in [7, 11) is 0. The molecule has 4 aromatic carbocycles. The fourth-order valence-electron chi connectivity index (χ4n) is 7.42. The molecular formula is C42H32F10N4O6. The van der Waals surface area contributed by atoms with Crippen LogP contribution in [0.5, 0.6) is 11.5 Å². The zero-order valence-electron chi connectivity index (χ0n) is 32.8. The quantitative estimate of drug-likeness (QED) is 0.0267. The standard InChI is InChI=1S/C42H32F10N4O6/c1-11(2)19-15-7-13(5)21(39(59)23(15)17(37(57)41(19)61)9-53-55-35-31(49)27(45)25(43)28(46)32(35)50)22-14(6)8-16-20(12(3)4)42(62)38(58)18(24(16)40(22)60)10-54-56-36-33(51)29(47)26(44)30(48)34(36)52/h7-12,53-56,59-62H,1-6H3. The van der Waals surface area contributed by atoms with Crippen molar-refractivity contribution in [1.29, 1.82) is 0 Å². The maximum Gasteiger partial charge on any atom is 0.229 e. The van der Waals surface area contributed by atoms with Crippen molar-refractivity contribution >= 4 is 45.2 Å². The molecule has 0 atom stereocenters. The van der Waals surface area contributed by atoms with E-state index in [4.69, 9.17) is 0 Å². The molecule has 6 rings (SSSR count). The van der Waals surface area contributed by atoms with E-state index in [1.165, 1.54) is 26.0 Å². The number of allylic oxidation sites excluding steroid dienone is 4. The molecule has 326 valence electrons. The van der Waals surface area contributed by atoms with E-state index in [-0.39, 0.29) is 55.7 Å². The van der Waals surface area contributed by atoms with Gasteiger partial charge in [0.15, 0.2) is 58.1 Å². The molecule has 2 aliphatic carbocycles. The van der Waals surface area contributed by atoms with Crippen molar-refractivity contribution < 1.29 is 73.9 Å². The summed E-state index contributed by atoms with van der Waals surface area (Å²) in [6, 6.07) is 2.80. The van der Waals surface area contributed by atoms with Crippen molar-refractivity contribution in [1.82, 2.24) is 10.9 Å². The van der Waals surface area contributed by atoms with Gasteiger partial charge in [-0.05, 0) is 47.9 Å². The molecule has 0 heterocycles. The van der Waals surface area contributed by atoms with Crippen molar-refractivity contribution in [2.75, 3.05) is 10.9 Å². The molecule has 62 heavy (non-hydrogen) atoms. The lowest BCUT2D eigenvalue weighted by Gasteiger charge is -2.29. The van der Waals surface area contributed by atoms with Gasteiger partial charge in [-0.2, -0.15) is 0 Å². The second-order valence-electron chi connectivity index (χ2n) is 14.7. The number of carbonyl (C=O) groups excluding carboxylic acids is 2.